The van der Waals surface area contributed by atoms with Crippen LogP contribution in [0.3, 0.4) is 0 Å². The summed E-state index contributed by atoms with van der Waals surface area (Å²) in [6.07, 6.45) is 4.57. The first-order valence-corrected chi connectivity index (χ1v) is 17.0. The van der Waals surface area contributed by atoms with Crippen molar-refractivity contribution in [3.05, 3.63) is 89.3 Å². The number of halogens is 2. The van der Waals surface area contributed by atoms with Crippen LogP contribution >= 0.6 is 0 Å². The Morgan fingerprint density at radius 3 is 2.19 bits per heavy atom. The Morgan fingerprint density at radius 2 is 1.56 bits per heavy atom. The van der Waals surface area contributed by atoms with Gasteiger partial charge in [0, 0.05) is 67.1 Å². The number of hydrogen-bond acceptors (Lipinski definition) is 4. The Labute approximate surface area is 297 Å². The maximum atomic E-state index is 12.7. The van der Waals surface area contributed by atoms with E-state index in [0.717, 1.165) is 69.8 Å². The molecule has 0 aliphatic rings. The number of furan rings is 1. The Morgan fingerprint density at radius 1 is 0.917 bits per heavy atom. The fourth-order valence-electron chi connectivity index (χ4n) is 6.31. The Bertz CT molecular complexity index is 1850. The average Bonchev–Trinajstić information content (AvgIpc) is 3.45. The van der Waals surface area contributed by atoms with Crippen molar-refractivity contribution in [1.29, 1.82) is 0 Å². The number of hydrogen-bond donors (Lipinski definition) is 1. The molecule has 0 spiro atoms. The molecule has 0 fully saturated rings. The Hall–Kier alpha value is -3.41. The molecule has 2 heterocycles. The first kappa shape index (κ1) is 39.0. The van der Waals surface area contributed by atoms with E-state index in [1.54, 1.807) is 6.20 Å². The van der Waals surface area contributed by atoms with E-state index in [1.165, 1.54) is 17.0 Å². The van der Waals surface area contributed by atoms with E-state index in [9.17, 15) is 18.7 Å². The molecule has 1 N–H and O–H groups in total. The average molecular weight is 833 g/mol. The minimum atomic E-state index is -2.31. The van der Waals surface area contributed by atoms with Crippen LogP contribution in [0.15, 0.2) is 71.0 Å². The number of benzene rings is 3. The number of nitrogens with zero attached hydrogens (tertiary/aromatic N) is 1. The number of fused-ring (bicyclic) bond motifs is 4. The number of aromatic nitrogens is 1. The Balaban J connectivity index is 0.000000334. The molecule has 0 aliphatic carbocycles. The number of carbonyl (C=O) groups excluding carboxylic acids is 1. The van der Waals surface area contributed by atoms with Crippen LogP contribution in [0, 0.1) is 24.8 Å². The van der Waals surface area contributed by atoms with Gasteiger partial charge in [-0.3, -0.25) is 9.78 Å². The van der Waals surface area contributed by atoms with E-state index >= 15 is 0 Å². The first-order valence-electron chi connectivity index (χ1n) is 17.0. The fraction of sp³-hybridized carbons (Fsp3) is 0.415. The first-order chi connectivity index (χ1) is 22.5. The minimum Gasteiger partial charge on any atom is -0.512 e. The van der Waals surface area contributed by atoms with Crippen LogP contribution in [0.2, 0.25) is 0 Å². The van der Waals surface area contributed by atoms with Crippen molar-refractivity contribution in [2.75, 3.05) is 0 Å². The summed E-state index contributed by atoms with van der Waals surface area (Å²) in [7, 11) is 0. The molecule has 0 unspecified atom stereocenters. The third-order valence-corrected chi connectivity index (χ3v) is 9.32. The number of carbonyl (C=O) groups is 1. The molecular formula is C41H48F2IrNO3-. The standard InChI is InChI=1S/C28H24F2NO.C13H24O2.Ir/c1-16(2)24-15-20(14-19-6-4-5-7-21(19)24)26-28-23(12-13-31-26)22-10-8-18(9-11-25(29)30)17(3)27(22)32-28;1-5-10(6-2)12(14)9-13(15)11(7-3)8-4;/h4-8,10,12-13,15-16,25H,9,11H2,1-3H3;9-11,14H,5-8H2,1-4H3;/q-1;;/b;12-9-;. The van der Waals surface area contributed by atoms with Gasteiger partial charge in [0.15, 0.2) is 5.78 Å². The summed E-state index contributed by atoms with van der Waals surface area (Å²) in [5.41, 5.74) is 6.15. The summed E-state index contributed by atoms with van der Waals surface area (Å²) >= 11 is 0. The molecule has 0 aliphatic heterocycles. The number of allylic oxidation sites excluding steroid dienone is 2. The van der Waals surface area contributed by atoms with Gasteiger partial charge in [-0.05, 0) is 62.1 Å². The fourth-order valence-corrected chi connectivity index (χ4v) is 6.31. The van der Waals surface area contributed by atoms with Crippen LogP contribution in [-0.4, -0.2) is 22.3 Å². The molecule has 4 nitrogen and oxygen atoms in total. The van der Waals surface area contributed by atoms with E-state index in [4.69, 9.17) is 4.42 Å². The van der Waals surface area contributed by atoms with Gasteiger partial charge in [0.2, 0.25) is 6.43 Å². The summed E-state index contributed by atoms with van der Waals surface area (Å²) in [6.45, 7) is 14.4. The number of aliphatic hydroxyl groups excluding tert-OH is 1. The SMILES string of the molecule is CCC(CC)C(=O)/C=C(\O)C(CC)CC.Cc1c(CCC(F)F)ccc2c1oc1c(-c3[c-]c4ccccc4c(C(C)C)c3)nccc12.[Ir]. The van der Waals surface area contributed by atoms with Crippen molar-refractivity contribution in [2.24, 2.45) is 11.8 Å². The smallest absolute Gasteiger partial charge is 0.239 e. The number of ketones is 1. The molecule has 0 bridgehead atoms. The largest absolute Gasteiger partial charge is 0.512 e. The van der Waals surface area contributed by atoms with Gasteiger partial charge >= 0.3 is 0 Å². The maximum Gasteiger partial charge on any atom is 0.239 e. The second kappa shape index (κ2) is 17.8. The van der Waals surface area contributed by atoms with Gasteiger partial charge in [-0.2, -0.15) is 0 Å². The van der Waals surface area contributed by atoms with Crippen LogP contribution in [0.25, 0.3) is 44.0 Å². The molecule has 259 valence electrons. The molecule has 0 saturated carbocycles. The molecule has 0 saturated heterocycles. The van der Waals surface area contributed by atoms with Gasteiger partial charge < -0.3 is 9.52 Å². The summed E-state index contributed by atoms with van der Waals surface area (Å²) in [6, 6.07) is 19.8. The normalized spacial score (nSPS) is 12.0. The van der Waals surface area contributed by atoms with Crippen molar-refractivity contribution in [1.82, 2.24) is 4.98 Å². The van der Waals surface area contributed by atoms with Crippen LogP contribution in [0.1, 0.15) is 96.3 Å². The van der Waals surface area contributed by atoms with E-state index in [0.29, 0.717) is 17.9 Å². The molecule has 0 amide bonds. The summed E-state index contributed by atoms with van der Waals surface area (Å²) in [5, 5.41) is 14.0. The molecule has 0 atom stereocenters. The monoisotopic (exact) mass is 833 g/mol. The second-order valence-corrected chi connectivity index (χ2v) is 12.6. The predicted molar refractivity (Wildman–Crippen MR) is 190 cm³/mol. The zero-order valence-corrected chi connectivity index (χ0v) is 31.5. The van der Waals surface area contributed by atoms with E-state index in [-0.39, 0.29) is 49.9 Å². The summed E-state index contributed by atoms with van der Waals surface area (Å²) in [5.74, 6) is 0.897. The quantitative estimate of drug-likeness (QED) is 0.0773. The number of aryl methyl sites for hydroxylation is 2. The van der Waals surface area contributed by atoms with E-state index in [1.807, 2.05) is 65.0 Å². The molecule has 48 heavy (non-hydrogen) atoms. The molecule has 7 heteroatoms. The molecular weight excluding hydrogens is 785 g/mol. The van der Waals surface area contributed by atoms with E-state index in [2.05, 4.69) is 43.1 Å². The third-order valence-electron chi connectivity index (χ3n) is 9.32. The van der Waals surface area contributed by atoms with Crippen molar-refractivity contribution < 1.29 is 43.2 Å². The zero-order valence-electron chi connectivity index (χ0n) is 29.1. The van der Waals surface area contributed by atoms with Gasteiger partial charge in [0.25, 0.3) is 0 Å². The van der Waals surface area contributed by atoms with Crippen LogP contribution in [0.5, 0.6) is 0 Å². The maximum absolute atomic E-state index is 12.7. The Kier molecular flexibility index (Phi) is 14.5. The van der Waals surface area contributed by atoms with Crippen molar-refractivity contribution >= 4 is 38.5 Å². The van der Waals surface area contributed by atoms with E-state index < -0.39 is 6.43 Å². The van der Waals surface area contributed by atoms with Gasteiger partial charge in [-0.1, -0.05) is 82.8 Å². The van der Waals surface area contributed by atoms with Gasteiger partial charge in [0.05, 0.1) is 5.76 Å². The summed E-state index contributed by atoms with van der Waals surface area (Å²) < 4.78 is 31.8. The number of rotatable bonds is 12. The second-order valence-electron chi connectivity index (χ2n) is 12.6. The third kappa shape index (κ3) is 8.78. The van der Waals surface area contributed by atoms with Gasteiger partial charge in [0.1, 0.15) is 11.2 Å². The predicted octanol–water partition coefficient (Wildman–Crippen LogP) is 12.1. The van der Waals surface area contributed by atoms with Gasteiger partial charge in [-0.15, -0.1) is 29.1 Å². The van der Waals surface area contributed by atoms with Crippen LogP contribution < -0.4 is 0 Å². The number of pyridine rings is 1. The van der Waals surface area contributed by atoms with Crippen molar-refractivity contribution in [2.45, 2.75) is 99.3 Å². The minimum absolute atomic E-state index is 0. The molecule has 2 aromatic heterocycles. The van der Waals surface area contributed by atoms with Gasteiger partial charge in [-0.25, -0.2) is 8.78 Å². The zero-order chi connectivity index (χ0) is 34.2. The van der Waals surface area contributed by atoms with Crippen LogP contribution in [0.4, 0.5) is 8.78 Å². The van der Waals surface area contributed by atoms with Crippen molar-refractivity contribution in [3.8, 4) is 11.3 Å². The molecule has 5 aromatic rings. The van der Waals surface area contributed by atoms with Crippen molar-refractivity contribution in [3.63, 3.8) is 0 Å². The summed E-state index contributed by atoms with van der Waals surface area (Å²) in [4.78, 5) is 16.4. The number of alkyl halides is 2. The molecule has 3 aromatic carbocycles. The van der Waals surface area contributed by atoms with Crippen LogP contribution in [-0.2, 0) is 31.3 Å². The molecule has 5 rings (SSSR count). The number of aliphatic hydroxyl groups is 1. The molecule has 1 radical (unpaired) electrons. The topological polar surface area (TPSA) is 63.3 Å².